The summed E-state index contributed by atoms with van der Waals surface area (Å²) in [5, 5.41) is 12.6. The number of aromatic nitrogens is 3. The Balaban J connectivity index is 2.20. The van der Waals surface area contributed by atoms with Gasteiger partial charge in [-0.2, -0.15) is 0 Å². The molecule has 5 nitrogen and oxygen atoms in total. The van der Waals surface area contributed by atoms with E-state index in [4.69, 9.17) is 0 Å². The number of anilines is 1. The lowest BCUT2D eigenvalue weighted by atomic mass is 10.1. The normalized spacial score (nSPS) is 11.7. The Morgan fingerprint density at radius 1 is 1.25 bits per heavy atom. The summed E-state index contributed by atoms with van der Waals surface area (Å²) in [7, 11) is 0. The lowest BCUT2D eigenvalue weighted by Gasteiger charge is -2.17. The summed E-state index contributed by atoms with van der Waals surface area (Å²) in [6, 6.07) is 3.67. The summed E-state index contributed by atoms with van der Waals surface area (Å²) in [6.07, 6.45) is 3.24. The average molecular weight is 218 g/mol. The van der Waals surface area contributed by atoms with Gasteiger partial charge in [0.2, 0.25) is 0 Å². The molecule has 2 rings (SSSR count). The number of pyridine rings is 1. The van der Waals surface area contributed by atoms with E-state index in [0.717, 1.165) is 5.52 Å². The Hall–Kier alpha value is -1.75. The van der Waals surface area contributed by atoms with Gasteiger partial charge in [-0.3, -0.25) is 4.98 Å². The Morgan fingerprint density at radius 2 is 2.00 bits per heavy atom. The fourth-order valence-electron chi connectivity index (χ4n) is 1.26. The van der Waals surface area contributed by atoms with E-state index in [-0.39, 0.29) is 0 Å². The van der Waals surface area contributed by atoms with Crippen molar-refractivity contribution in [1.82, 2.24) is 15.0 Å². The highest BCUT2D eigenvalue weighted by Crippen LogP contribution is 2.11. The van der Waals surface area contributed by atoms with Gasteiger partial charge in [0.25, 0.3) is 0 Å². The van der Waals surface area contributed by atoms with Gasteiger partial charge < -0.3 is 10.4 Å². The van der Waals surface area contributed by atoms with Crippen molar-refractivity contribution in [3.8, 4) is 0 Å². The van der Waals surface area contributed by atoms with Gasteiger partial charge in [0.1, 0.15) is 11.3 Å². The SMILES string of the molecule is CC(C)(O)CNc1ccc2nccnc2n1. The molecule has 2 aromatic rings. The van der Waals surface area contributed by atoms with Crippen molar-refractivity contribution < 1.29 is 5.11 Å². The zero-order valence-electron chi connectivity index (χ0n) is 9.31. The Bertz CT molecular complexity index is 493. The van der Waals surface area contributed by atoms with E-state index in [9.17, 15) is 5.11 Å². The highest BCUT2D eigenvalue weighted by Gasteiger charge is 2.12. The predicted octanol–water partition coefficient (Wildman–Crippen LogP) is 1.21. The van der Waals surface area contributed by atoms with E-state index < -0.39 is 5.60 Å². The number of hydrogen-bond donors (Lipinski definition) is 2. The van der Waals surface area contributed by atoms with Crippen LogP contribution in [0.25, 0.3) is 11.2 Å². The van der Waals surface area contributed by atoms with Gasteiger partial charge >= 0.3 is 0 Å². The van der Waals surface area contributed by atoms with Crippen LogP contribution in [0, 0.1) is 0 Å². The van der Waals surface area contributed by atoms with Gasteiger partial charge in [0.05, 0.1) is 5.60 Å². The molecule has 2 aromatic heterocycles. The van der Waals surface area contributed by atoms with E-state index in [1.54, 1.807) is 26.2 Å². The third-order valence-corrected chi connectivity index (χ3v) is 2.03. The maximum absolute atomic E-state index is 9.57. The third-order valence-electron chi connectivity index (χ3n) is 2.03. The second-order valence-corrected chi connectivity index (χ2v) is 4.26. The zero-order chi connectivity index (χ0) is 11.6. The van der Waals surface area contributed by atoms with Crippen LogP contribution in [0.15, 0.2) is 24.5 Å². The number of nitrogens with zero attached hydrogens (tertiary/aromatic N) is 3. The summed E-state index contributed by atoms with van der Waals surface area (Å²) >= 11 is 0. The lowest BCUT2D eigenvalue weighted by Crippen LogP contribution is -2.29. The fourth-order valence-corrected chi connectivity index (χ4v) is 1.26. The largest absolute Gasteiger partial charge is 0.389 e. The van der Waals surface area contributed by atoms with Crippen LogP contribution in [0.4, 0.5) is 5.82 Å². The van der Waals surface area contributed by atoms with Crippen molar-refractivity contribution in [2.75, 3.05) is 11.9 Å². The van der Waals surface area contributed by atoms with Gasteiger partial charge in [-0.1, -0.05) is 0 Å². The maximum atomic E-state index is 9.57. The summed E-state index contributed by atoms with van der Waals surface area (Å²) < 4.78 is 0. The van der Waals surface area contributed by atoms with Crippen LogP contribution in [0.3, 0.4) is 0 Å². The molecular formula is C11H14N4O. The fraction of sp³-hybridized carbons (Fsp3) is 0.364. The smallest absolute Gasteiger partial charge is 0.180 e. The molecule has 0 saturated heterocycles. The number of hydrogen-bond acceptors (Lipinski definition) is 5. The minimum atomic E-state index is -0.765. The quantitative estimate of drug-likeness (QED) is 0.810. The molecule has 84 valence electrons. The minimum Gasteiger partial charge on any atom is -0.389 e. The van der Waals surface area contributed by atoms with E-state index in [1.165, 1.54) is 0 Å². The molecular weight excluding hydrogens is 204 g/mol. The third kappa shape index (κ3) is 2.64. The summed E-state index contributed by atoms with van der Waals surface area (Å²) in [5.74, 6) is 0.690. The maximum Gasteiger partial charge on any atom is 0.180 e. The molecule has 0 aliphatic carbocycles. The van der Waals surface area contributed by atoms with Crippen molar-refractivity contribution in [3.05, 3.63) is 24.5 Å². The van der Waals surface area contributed by atoms with E-state index in [0.29, 0.717) is 18.0 Å². The van der Waals surface area contributed by atoms with Crippen LogP contribution < -0.4 is 5.32 Å². The Labute approximate surface area is 93.6 Å². The molecule has 2 heterocycles. The zero-order valence-corrected chi connectivity index (χ0v) is 9.31. The predicted molar refractivity (Wildman–Crippen MR) is 62.1 cm³/mol. The second kappa shape index (κ2) is 4.02. The summed E-state index contributed by atoms with van der Waals surface area (Å²) in [6.45, 7) is 3.91. The van der Waals surface area contributed by atoms with Crippen molar-refractivity contribution >= 4 is 17.0 Å². The van der Waals surface area contributed by atoms with Crippen molar-refractivity contribution in [2.24, 2.45) is 0 Å². The molecule has 2 N–H and O–H groups in total. The number of nitrogens with one attached hydrogen (secondary N) is 1. The first kappa shape index (κ1) is 10.8. The molecule has 0 amide bonds. The number of aliphatic hydroxyl groups is 1. The highest BCUT2D eigenvalue weighted by molar-refractivity contribution is 5.71. The van der Waals surface area contributed by atoms with Gasteiger partial charge in [-0.15, -0.1) is 0 Å². The molecule has 0 radical (unpaired) electrons. The first-order valence-electron chi connectivity index (χ1n) is 5.09. The molecule has 5 heteroatoms. The van der Waals surface area contributed by atoms with Gasteiger partial charge in [-0.05, 0) is 26.0 Å². The molecule has 0 fully saturated rings. The van der Waals surface area contributed by atoms with Gasteiger partial charge in [0, 0.05) is 18.9 Å². The van der Waals surface area contributed by atoms with Crippen molar-refractivity contribution in [2.45, 2.75) is 19.4 Å². The highest BCUT2D eigenvalue weighted by atomic mass is 16.3. The van der Waals surface area contributed by atoms with Crippen LogP contribution >= 0.6 is 0 Å². The van der Waals surface area contributed by atoms with Crippen LogP contribution in [0.2, 0.25) is 0 Å². The molecule has 0 aliphatic heterocycles. The molecule has 0 unspecified atom stereocenters. The minimum absolute atomic E-state index is 0.436. The van der Waals surface area contributed by atoms with E-state index >= 15 is 0 Å². The summed E-state index contributed by atoms with van der Waals surface area (Å²) in [5.41, 5.74) is 0.596. The van der Waals surface area contributed by atoms with Crippen molar-refractivity contribution in [1.29, 1.82) is 0 Å². The molecule has 0 aromatic carbocycles. The molecule has 0 saturated carbocycles. The standard InChI is InChI=1S/C11H14N4O/c1-11(2,16)7-14-9-4-3-8-10(15-9)13-6-5-12-8/h3-6,16H,7H2,1-2H3,(H,13,14,15). The number of rotatable bonds is 3. The Kier molecular flexibility index (Phi) is 2.70. The first-order valence-corrected chi connectivity index (χ1v) is 5.09. The first-order chi connectivity index (χ1) is 7.54. The lowest BCUT2D eigenvalue weighted by molar-refractivity contribution is 0.0944. The van der Waals surface area contributed by atoms with E-state index in [2.05, 4.69) is 20.3 Å². The van der Waals surface area contributed by atoms with E-state index in [1.807, 2.05) is 12.1 Å². The molecule has 0 atom stereocenters. The van der Waals surface area contributed by atoms with Crippen LogP contribution in [0.1, 0.15) is 13.8 Å². The topological polar surface area (TPSA) is 70.9 Å². The van der Waals surface area contributed by atoms with Crippen LogP contribution in [-0.4, -0.2) is 32.2 Å². The van der Waals surface area contributed by atoms with Gasteiger partial charge in [-0.25, -0.2) is 9.97 Å². The molecule has 0 spiro atoms. The molecule has 0 bridgehead atoms. The Morgan fingerprint density at radius 3 is 2.75 bits per heavy atom. The second-order valence-electron chi connectivity index (χ2n) is 4.26. The molecule has 0 aliphatic rings. The van der Waals surface area contributed by atoms with Crippen LogP contribution in [-0.2, 0) is 0 Å². The monoisotopic (exact) mass is 218 g/mol. The van der Waals surface area contributed by atoms with Crippen molar-refractivity contribution in [3.63, 3.8) is 0 Å². The summed E-state index contributed by atoms with van der Waals surface area (Å²) in [4.78, 5) is 12.5. The number of fused-ring (bicyclic) bond motifs is 1. The molecule has 16 heavy (non-hydrogen) atoms. The van der Waals surface area contributed by atoms with Gasteiger partial charge in [0.15, 0.2) is 5.65 Å². The average Bonchev–Trinajstić information content (AvgIpc) is 2.25. The van der Waals surface area contributed by atoms with Crippen LogP contribution in [0.5, 0.6) is 0 Å².